The van der Waals surface area contributed by atoms with Crippen molar-refractivity contribution in [1.82, 2.24) is 9.13 Å². The third-order valence-electron chi connectivity index (χ3n) is 3.96. The van der Waals surface area contributed by atoms with Gasteiger partial charge in [-0.2, -0.15) is 0 Å². The molecule has 5 heteroatoms. The fourth-order valence-electron chi connectivity index (χ4n) is 2.64. The molecule has 3 aromatic rings. The fraction of sp³-hybridized carbons (Fsp3) is 0.312. The number of furan rings is 1. The molecule has 4 rings (SSSR count). The first-order chi connectivity index (χ1) is 10.2. The molecule has 0 spiro atoms. The Bertz CT molecular complexity index is 805. The highest BCUT2D eigenvalue weighted by molar-refractivity contribution is 5.77. The number of imidazole rings is 1. The van der Waals surface area contributed by atoms with Crippen LogP contribution < -0.4 is 5.69 Å². The van der Waals surface area contributed by atoms with Gasteiger partial charge in [0.15, 0.2) is 0 Å². The maximum absolute atomic E-state index is 12.2. The second-order valence-corrected chi connectivity index (χ2v) is 5.57. The van der Waals surface area contributed by atoms with Crippen molar-refractivity contribution in [2.45, 2.75) is 31.5 Å². The van der Waals surface area contributed by atoms with Crippen molar-refractivity contribution in [3.63, 3.8) is 0 Å². The number of rotatable bonds is 4. The standard InChI is InChI=1S/C16H16N2O3/c19-13(15-9-11-3-1-2-4-14(11)21-15)10-17-7-8-18(16(17)20)12-5-6-12/h1-4,7-9,12-13,19H,5-6,10H2. The second kappa shape index (κ2) is 4.63. The summed E-state index contributed by atoms with van der Waals surface area (Å²) in [6.07, 6.45) is 4.83. The van der Waals surface area contributed by atoms with Gasteiger partial charge >= 0.3 is 5.69 Å². The highest BCUT2D eigenvalue weighted by atomic mass is 16.4. The minimum Gasteiger partial charge on any atom is -0.458 e. The van der Waals surface area contributed by atoms with Crippen LogP contribution in [0.25, 0.3) is 11.0 Å². The zero-order chi connectivity index (χ0) is 14.4. The van der Waals surface area contributed by atoms with Gasteiger partial charge in [-0.25, -0.2) is 4.79 Å². The molecule has 0 bridgehead atoms. The number of fused-ring (bicyclic) bond motifs is 1. The summed E-state index contributed by atoms with van der Waals surface area (Å²) in [4.78, 5) is 12.2. The molecule has 5 nitrogen and oxygen atoms in total. The predicted octanol–water partition coefficient (Wildman–Crippen LogP) is 2.46. The average Bonchev–Trinajstić information content (AvgIpc) is 3.13. The summed E-state index contributed by atoms with van der Waals surface area (Å²) in [7, 11) is 0. The summed E-state index contributed by atoms with van der Waals surface area (Å²) < 4.78 is 8.92. The molecule has 0 saturated heterocycles. The van der Waals surface area contributed by atoms with E-state index in [0.717, 1.165) is 23.8 Å². The van der Waals surface area contributed by atoms with E-state index < -0.39 is 6.10 Å². The van der Waals surface area contributed by atoms with Crippen LogP contribution in [0.4, 0.5) is 0 Å². The zero-order valence-electron chi connectivity index (χ0n) is 11.5. The molecule has 2 aromatic heterocycles. The first-order valence-electron chi connectivity index (χ1n) is 7.16. The van der Waals surface area contributed by atoms with E-state index in [2.05, 4.69) is 0 Å². The van der Waals surface area contributed by atoms with Crippen LogP contribution in [0.2, 0.25) is 0 Å². The molecule has 0 amide bonds. The lowest BCUT2D eigenvalue weighted by Gasteiger charge is -2.07. The number of benzene rings is 1. The van der Waals surface area contributed by atoms with Gasteiger partial charge in [-0.1, -0.05) is 18.2 Å². The van der Waals surface area contributed by atoms with Crippen LogP contribution >= 0.6 is 0 Å². The quantitative estimate of drug-likeness (QED) is 0.800. The molecular formula is C16H16N2O3. The van der Waals surface area contributed by atoms with E-state index >= 15 is 0 Å². The van der Waals surface area contributed by atoms with Crippen molar-refractivity contribution in [1.29, 1.82) is 0 Å². The highest BCUT2D eigenvalue weighted by Crippen LogP contribution is 2.33. The normalized spacial score (nSPS) is 16.4. The van der Waals surface area contributed by atoms with Gasteiger partial charge in [-0.3, -0.25) is 9.13 Å². The van der Waals surface area contributed by atoms with Gasteiger partial charge in [-0.15, -0.1) is 0 Å². The molecule has 1 aliphatic rings. The van der Waals surface area contributed by atoms with Crippen LogP contribution in [-0.4, -0.2) is 14.2 Å². The molecule has 1 saturated carbocycles. The lowest BCUT2D eigenvalue weighted by atomic mass is 10.2. The van der Waals surface area contributed by atoms with E-state index in [0.29, 0.717) is 11.8 Å². The largest absolute Gasteiger partial charge is 0.458 e. The molecule has 108 valence electrons. The topological polar surface area (TPSA) is 60.3 Å². The molecule has 1 N–H and O–H groups in total. The van der Waals surface area contributed by atoms with Crippen molar-refractivity contribution < 1.29 is 9.52 Å². The third-order valence-corrected chi connectivity index (χ3v) is 3.96. The lowest BCUT2D eigenvalue weighted by molar-refractivity contribution is 0.131. The third kappa shape index (κ3) is 2.19. The zero-order valence-corrected chi connectivity index (χ0v) is 11.5. The summed E-state index contributed by atoms with van der Waals surface area (Å²) in [5, 5.41) is 11.3. The van der Waals surface area contributed by atoms with Gasteiger partial charge in [0.2, 0.25) is 0 Å². The monoisotopic (exact) mass is 284 g/mol. The lowest BCUT2D eigenvalue weighted by Crippen LogP contribution is -2.25. The Balaban J connectivity index is 1.60. The molecular weight excluding hydrogens is 268 g/mol. The molecule has 1 aliphatic carbocycles. The predicted molar refractivity (Wildman–Crippen MR) is 78.1 cm³/mol. The van der Waals surface area contributed by atoms with Crippen LogP contribution in [-0.2, 0) is 6.54 Å². The number of aromatic nitrogens is 2. The van der Waals surface area contributed by atoms with Crippen molar-refractivity contribution in [2.75, 3.05) is 0 Å². The van der Waals surface area contributed by atoms with Crippen LogP contribution in [0, 0.1) is 0 Å². The summed E-state index contributed by atoms with van der Waals surface area (Å²) in [5.74, 6) is 0.488. The smallest absolute Gasteiger partial charge is 0.328 e. The Labute approximate surface area is 121 Å². The van der Waals surface area contributed by atoms with Crippen LogP contribution in [0.1, 0.15) is 30.7 Å². The molecule has 1 aromatic carbocycles. The van der Waals surface area contributed by atoms with E-state index in [1.54, 1.807) is 17.0 Å². The van der Waals surface area contributed by atoms with Crippen molar-refractivity contribution in [2.24, 2.45) is 0 Å². The Kier molecular flexibility index (Phi) is 2.75. The number of para-hydroxylation sites is 1. The van der Waals surface area contributed by atoms with E-state index in [-0.39, 0.29) is 12.2 Å². The fourth-order valence-corrected chi connectivity index (χ4v) is 2.64. The average molecular weight is 284 g/mol. The van der Waals surface area contributed by atoms with Gasteiger partial charge < -0.3 is 9.52 Å². The first-order valence-corrected chi connectivity index (χ1v) is 7.16. The summed E-state index contributed by atoms with van der Waals surface area (Å²) in [6, 6.07) is 9.79. The minimum absolute atomic E-state index is 0.0624. The van der Waals surface area contributed by atoms with Gasteiger partial charge in [0.25, 0.3) is 0 Å². The van der Waals surface area contributed by atoms with Crippen molar-refractivity contribution >= 4 is 11.0 Å². The van der Waals surface area contributed by atoms with Gasteiger partial charge in [0.1, 0.15) is 17.4 Å². The Hall–Kier alpha value is -2.27. The maximum Gasteiger partial charge on any atom is 0.328 e. The van der Waals surface area contributed by atoms with E-state index in [4.69, 9.17) is 4.42 Å². The second-order valence-electron chi connectivity index (χ2n) is 5.57. The van der Waals surface area contributed by atoms with Crippen molar-refractivity contribution in [3.8, 4) is 0 Å². The Morgan fingerprint density at radius 1 is 1.29 bits per heavy atom. The molecule has 1 unspecified atom stereocenters. The molecule has 2 heterocycles. The van der Waals surface area contributed by atoms with Gasteiger partial charge in [-0.05, 0) is 25.0 Å². The molecule has 1 atom stereocenters. The number of nitrogens with zero attached hydrogens (tertiary/aromatic N) is 2. The van der Waals surface area contributed by atoms with Gasteiger partial charge in [0.05, 0.1) is 6.54 Å². The van der Waals surface area contributed by atoms with E-state index in [1.807, 2.05) is 30.3 Å². The SMILES string of the molecule is O=c1n(CC(O)c2cc3ccccc3o2)ccn1C1CC1. The molecule has 1 fully saturated rings. The summed E-state index contributed by atoms with van der Waals surface area (Å²) >= 11 is 0. The van der Waals surface area contributed by atoms with E-state index in [1.165, 1.54) is 4.57 Å². The summed E-state index contributed by atoms with van der Waals surface area (Å²) in [6.45, 7) is 0.207. The van der Waals surface area contributed by atoms with Crippen LogP contribution in [0.15, 0.2) is 51.9 Å². The molecule has 0 aliphatic heterocycles. The number of hydrogen-bond acceptors (Lipinski definition) is 3. The highest BCUT2D eigenvalue weighted by Gasteiger charge is 2.26. The number of hydrogen-bond donors (Lipinski definition) is 1. The summed E-state index contributed by atoms with van der Waals surface area (Å²) in [5.41, 5.74) is 0.683. The Morgan fingerprint density at radius 3 is 2.86 bits per heavy atom. The van der Waals surface area contributed by atoms with E-state index in [9.17, 15) is 9.90 Å². The first kappa shape index (κ1) is 12.5. The Morgan fingerprint density at radius 2 is 2.10 bits per heavy atom. The van der Waals surface area contributed by atoms with Crippen molar-refractivity contribution in [3.05, 3.63) is 59.0 Å². The number of aliphatic hydroxyl groups excluding tert-OH is 1. The molecule has 21 heavy (non-hydrogen) atoms. The number of aliphatic hydroxyl groups is 1. The van der Waals surface area contributed by atoms with Crippen LogP contribution in [0.5, 0.6) is 0 Å². The molecule has 0 radical (unpaired) electrons. The van der Waals surface area contributed by atoms with Crippen LogP contribution in [0.3, 0.4) is 0 Å². The van der Waals surface area contributed by atoms with Gasteiger partial charge in [0, 0.05) is 23.8 Å². The maximum atomic E-state index is 12.2. The minimum atomic E-state index is -0.829.